The summed E-state index contributed by atoms with van der Waals surface area (Å²) in [5.74, 6) is 1.11. The number of morpholine rings is 2. The highest BCUT2D eigenvalue weighted by Gasteiger charge is 2.23. The number of hydrogen-bond donors (Lipinski definition) is 2. The molecule has 2 saturated heterocycles. The van der Waals surface area contributed by atoms with Gasteiger partial charge in [-0.25, -0.2) is 0 Å². The van der Waals surface area contributed by atoms with E-state index in [1.807, 2.05) is 36.4 Å². The highest BCUT2D eigenvalue weighted by Crippen LogP contribution is 2.25. The van der Waals surface area contributed by atoms with Gasteiger partial charge in [0.1, 0.15) is 6.61 Å². The van der Waals surface area contributed by atoms with Crippen LogP contribution in [0.3, 0.4) is 0 Å². The lowest BCUT2D eigenvalue weighted by Gasteiger charge is -2.29. The van der Waals surface area contributed by atoms with Gasteiger partial charge >= 0.3 is 0 Å². The van der Waals surface area contributed by atoms with Crippen molar-refractivity contribution in [2.75, 3.05) is 76.1 Å². The normalized spacial score (nSPS) is 18.8. The second-order valence-corrected chi connectivity index (χ2v) is 9.19. The van der Waals surface area contributed by atoms with Crippen molar-refractivity contribution >= 4 is 23.6 Å². The zero-order chi connectivity index (χ0) is 24.6. The van der Waals surface area contributed by atoms with Gasteiger partial charge in [-0.3, -0.25) is 15.1 Å². The van der Waals surface area contributed by atoms with E-state index in [1.54, 1.807) is 6.21 Å². The van der Waals surface area contributed by atoms with Gasteiger partial charge in [-0.05, 0) is 30.5 Å². The molecule has 3 fully saturated rings. The number of nitrogens with one attached hydrogen (secondary N) is 2. The van der Waals surface area contributed by atoms with E-state index >= 15 is 0 Å². The molecule has 2 aromatic rings. The van der Waals surface area contributed by atoms with Gasteiger partial charge in [0.2, 0.25) is 5.88 Å². The molecule has 192 valence electrons. The minimum Gasteiger partial charge on any atom is -0.476 e. The van der Waals surface area contributed by atoms with Crippen LogP contribution in [0.1, 0.15) is 28.8 Å². The van der Waals surface area contributed by atoms with Crippen molar-refractivity contribution in [1.82, 2.24) is 15.2 Å². The van der Waals surface area contributed by atoms with E-state index in [0.29, 0.717) is 43.1 Å². The third-order valence-corrected chi connectivity index (χ3v) is 6.38. The summed E-state index contributed by atoms with van der Waals surface area (Å²) >= 11 is 0. The summed E-state index contributed by atoms with van der Waals surface area (Å²) < 4.78 is 17.0. The van der Waals surface area contributed by atoms with Crippen molar-refractivity contribution in [3.8, 4) is 5.88 Å². The van der Waals surface area contributed by atoms with Gasteiger partial charge in [-0.15, -0.1) is 0 Å². The van der Waals surface area contributed by atoms with E-state index in [9.17, 15) is 4.79 Å². The molecule has 1 aromatic heterocycles. The fraction of sp³-hybridized carbons (Fsp3) is 0.500. The molecule has 1 saturated carbocycles. The molecule has 2 N–H and O–H groups in total. The Hall–Kier alpha value is -3.21. The molecule has 5 rings (SSSR count). The number of benzene rings is 1. The second-order valence-electron chi connectivity index (χ2n) is 9.19. The first-order valence-electron chi connectivity index (χ1n) is 12.7. The third-order valence-electron chi connectivity index (χ3n) is 6.38. The summed E-state index contributed by atoms with van der Waals surface area (Å²) in [6.07, 6.45) is 3.81. The monoisotopic (exact) mass is 494 g/mol. The van der Waals surface area contributed by atoms with Gasteiger partial charge < -0.3 is 24.4 Å². The Balaban J connectivity index is 1.24. The maximum Gasteiger partial charge on any atom is 0.251 e. The van der Waals surface area contributed by atoms with Crippen LogP contribution < -0.4 is 20.4 Å². The topological polar surface area (TPSA) is 101 Å². The molecule has 0 bridgehead atoms. The van der Waals surface area contributed by atoms with Gasteiger partial charge in [-0.1, -0.05) is 12.1 Å². The Morgan fingerprint density at radius 1 is 1.08 bits per heavy atom. The quantitative estimate of drug-likeness (QED) is 0.382. The molecular weight excluding hydrogens is 460 g/mol. The van der Waals surface area contributed by atoms with Crippen molar-refractivity contribution < 1.29 is 19.0 Å². The number of aromatic nitrogens is 1. The molecule has 10 nitrogen and oxygen atoms in total. The molecule has 3 aliphatic rings. The molecular formula is C26H34N6O4. The first kappa shape index (κ1) is 24.5. The van der Waals surface area contributed by atoms with Gasteiger partial charge in [0.05, 0.1) is 32.6 Å². The number of anilines is 2. The van der Waals surface area contributed by atoms with E-state index in [0.717, 1.165) is 70.0 Å². The fourth-order valence-electron chi connectivity index (χ4n) is 4.16. The molecule has 2 aliphatic heterocycles. The van der Waals surface area contributed by atoms with Crippen molar-refractivity contribution in [2.45, 2.75) is 18.9 Å². The molecule has 0 radical (unpaired) electrons. The van der Waals surface area contributed by atoms with Crippen LogP contribution in [-0.4, -0.2) is 93.8 Å². The van der Waals surface area contributed by atoms with Gasteiger partial charge in [-0.2, -0.15) is 10.1 Å². The smallest absolute Gasteiger partial charge is 0.251 e. The predicted octanol–water partition coefficient (Wildman–Crippen LogP) is 1.97. The van der Waals surface area contributed by atoms with Crippen LogP contribution in [0, 0.1) is 0 Å². The van der Waals surface area contributed by atoms with Gasteiger partial charge in [0.25, 0.3) is 5.91 Å². The lowest BCUT2D eigenvalue weighted by molar-refractivity contribution is 0.0320. The summed E-state index contributed by atoms with van der Waals surface area (Å²) in [5.41, 5.74) is 5.52. The number of nitrogens with zero attached hydrogens (tertiary/aromatic N) is 4. The number of carbonyl (C=O) groups excluding carboxylic acids is 1. The SMILES string of the molecule is O=C(NC1CC1)c1cccc(C=NNc2cc(N3CCOCC3)cc(OCCN3CCOCC3)n2)c1. The van der Waals surface area contributed by atoms with E-state index in [-0.39, 0.29) is 5.91 Å². The summed E-state index contributed by atoms with van der Waals surface area (Å²) in [4.78, 5) is 21.5. The van der Waals surface area contributed by atoms with Crippen LogP contribution in [0.2, 0.25) is 0 Å². The minimum atomic E-state index is -0.0422. The van der Waals surface area contributed by atoms with Gasteiger partial charge in [0, 0.05) is 62.1 Å². The fourth-order valence-corrected chi connectivity index (χ4v) is 4.16. The molecule has 1 amide bonds. The Bertz CT molecular complexity index is 1050. The number of ether oxygens (including phenoxy) is 3. The summed E-state index contributed by atoms with van der Waals surface area (Å²) in [7, 11) is 0. The first-order chi connectivity index (χ1) is 17.7. The van der Waals surface area contributed by atoms with E-state index < -0.39 is 0 Å². The lowest BCUT2D eigenvalue weighted by Crippen LogP contribution is -2.38. The Labute approximate surface area is 211 Å². The number of pyridine rings is 1. The van der Waals surface area contributed by atoms with Crippen LogP contribution >= 0.6 is 0 Å². The number of hydrazone groups is 1. The average Bonchev–Trinajstić information content (AvgIpc) is 3.74. The van der Waals surface area contributed by atoms with E-state index in [2.05, 4.69) is 30.6 Å². The maximum absolute atomic E-state index is 12.3. The molecule has 0 unspecified atom stereocenters. The number of rotatable bonds is 10. The van der Waals surface area contributed by atoms with Crippen molar-refractivity contribution in [3.05, 3.63) is 47.5 Å². The number of carbonyl (C=O) groups is 1. The second kappa shape index (κ2) is 12.2. The molecule has 3 heterocycles. The highest BCUT2D eigenvalue weighted by molar-refractivity contribution is 5.96. The van der Waals surface area contributed by atoms with Crippen LogP contribution in [0.4, 0.5) is 11.5 Å². The van der Waals surface area contributed by atoms with Crippen LogP contribution in [0.5, 0.6) is 5.88 Å². The molecule has 36 heavy (non-hydrogen) atoms. The molecule has 1 aliphatic carbocycles. The Kier molecular flexibility index (Phi) is 8.27. The predicted molar refractivity (Wildman–Crippen MR) is 138 cm³/mol. The first-order valence-corrected chi connectivity index (χ1v) is 12.7. The Morgan fingerprint density at radius 2 is 1.86 bits per heavy atom. The maximum atomic E-state index is 12.3. The van der Waals surface area contributed by atoms with Crippen LogP contribution in [0.15, 0.2) is 41.5 Å². The highest BCUT2D eigenvalue weighted by atomic mass is 16.5. The lowest BCUT2D eigenvalue weighted by atomic mass is 10.1. The molecule has 10 heteroatoms. The summed E-state index contributed by atoms with van der Waals surface area (Å²) in [5, 5.41) is 7.39. The number of hydrogen-bond acceptors (Lipinski definition) is 9. The molecule has 1 aromatic carbocycles. The zero-order valence-electron chi connectivity index (χ0n) is 20.5. The molecule has 0 atom stereocenters. The summed E-state index contributed by atoms with van der Waals surface area (Å²) in [6.45, 7) is 7.80. The van der Waals surface area contributed by atoms with Gasteiger partial charge in [0.15, 0.2) is 5.82 Å². The van der Waals surface area contributed by atoms with E-state index in [4.69, 9.17) is 14.2 Å². The van der Waals surface area contributed by atoms with Crippen molar-refractivity contribution in [1.29, 1.82) is 0 Å². The minimum absolute atomic E-state index is 0.0422. The average molecular weight is 495 g/mol. The Morgan fingerprint density at radius 3 is 2.64 bits per heavy atom. The third kappa shape index (κ3) is 7.16. The number of amides is 1. The van der Waals surface area contributed by atoms with Crippen LogP contribution in [-0.2, 0) is 9.47 Å². The van der Waals surface area contributed by atoms with Crippen molar-refractivity contribution in [3.63, 3.8) is 0 Å². The van der Waals surface area contributed by atoms with Crippen LogP contribution in [0.25, 0.3) is 0 Å². The standard InChI is InChI=1S/C26H34N6O4/c33-26(28-22-4-5-22)21-3-1-2-20(16-21)19-27-30-24-17-23(32-9-13-35-14-10-32)18-25(29-24)36-15-8-31-6-11-34-12-7-31/h1-3,16-19,22H,4-15H2,(H,28,33)(H,29,30). The largest absolute Gasteiger partial charge is 0.476 e. The zero-order valence-corrected chi connectivity index (χ0v) is 20.5. The molecule has 0 spiro atoms. The van der Waals surface area contributed by atoms with Crippen molar-refractivity contribution in [2.24, 2.45) is 5.10 Å². The van der Waals surface area contributed by atoms with E-state index in [1.165, 1.54) is 0 Å². The summed E-state index contributed by atoms with van der Waals surface area (Å²) in [6, 6.07) is 11.7.